The first-order chi connectivity index (χ1) is 14.1. The largest absolute Gasteiger partial charge is 0.365 e. The Bertz CT molecular complexity index is 1040. The van der Waals surface area contributed by atoms with E-state index in [0.29, 0.717) is 23.7 Å². The molecule has 1 N–H and O–H groups in total. The van der Waals surface area contributed by atoms with Gasteiger partial charge in [0.2, 0.25) is 0 Å². The number of fused-ring (bicyclic) bond motifs is 2. The number of carbonyl (C=O) groups is 1. The summed E-state index contributed by atoms with van der Waals surface area (Å²) >= 11 is 0. The van der Waals surface area contributed by atoms with Crippen molar-refractivity contribution in [2.75, 3.05) is 11.9 Å². The number of rotatable bonds is 4. The molecule has 5 rings (SSSR count). The van der Waals surface area contributed by atoms with Gasteiger partial charge in [-0.2, -0.15) is 15.0 Å². The Labute approximate surface area is 167 Å². The predicted molar refractivity (Wildman–Crippen MR) is 105 cm³/mol. The molecule has 2 fully saturated rings. The Morgan fingerprint density at radius 2 is 2.00 bits per heavy atom. The molecule has 29 heavy (non-hydrogen) atoms. The number of hydrogen-bond donors (Lipinski definition) is 1. The summed E-state index contributed by atoms with van der Waals surface area (Å²) in [5.74, 6) is 0.734. The molecule has 1 aliphatic heterocycles. The molecule has 3 atom stereocenters. The van der Waals surface area contributed by atoms with Gasteiger partial charge in [0.05, 0.1) is 24.0 Å². The van der Waals surface area contributed by atoms with Crippen molar-refractivity contribution in [1.82, 2.24) is 24.9 Å². The highest BCUT2D eigenvalue weighted by atomic mass is 19.1. The van der Waals surface area contributed by atoms with Crippen LogP contribution in [0.2, 0.25) is 0 Å². The molecule has 0 radical (unpaired) electrons. The number of nitrogens with one attached hydrogen (secondary N) is 1. The summed E-state index contributed by atoms with van der Waals surface area (Å²) in [7, 11) is 0. The quantitative estimate of drug-likeness (QED) is 0.739. The molecular weight excluding hydrogens is 371 g/mol. The summed E-state index contributed by atoms with van der Waals surface area (Å²) in [6.45, 7) is 2.72. The third-order valence-corrected chi connectivity index (χ3v) is 5.81. The predicted octanol–water partition coefficient (Wildman–Crippen LogP) is 2.82. The maximum Gasteiger partial charge on any atom is 0.256 e. The number of carbonyl (C=O) groups excluding carboxylic acids is 1. The lowest BCUT2D eigenvalue weighted by atomic mass is 10.0. The topological polar surface area (TPSA) is 75.9 Å². The van der Waals surface area contributed by atoms with Gasteiger partial charge in [0.25, 0.3) is 5.91 Å². The molecule has 7 nitrogen and oxygen atoms in total. The molecular formula is C21H21FN6O. The smallest absolute Gasteiger partial charge is 0.256 e. The Morgan fingerprint density at radius 1 is 1.17 bits per heavy atom. The average molecular weight is 392 g/mol. The summed E-state index contributed by atoms with van der Waals surface area (Å²) in [6.07, 6.45) is 6.82. The van der Waals surface area contributed by atoms with Gasteiger partial charge >= 0.3 is 0 Å². The number of piperidine rings is 1. The molecule has 3 aromatic rings. The Hall–Kier alpha value is -3.29. The number of benzene rings is 1. The van der Waals surface area contributed by atoms with Crippen molar-refractivity contribution in [1.29, 1.82) is 0 Å². The number of aromatic nitrogens is 4. The SMILES string of the molecule is Cc1ccc(NC2CC3CC2N(C(=O)c2ccc(F)cc2-n2nccn2)C3)nc1. The van der Waals surface area contributed by atoms with E-state index in [4.69, 9.17) is 0 Å². The van der Waals surface area contributed by atoms with Gasteiger partial charge in [0.15, 0.2) is 0 Å². The molecule has 1 saturated heterocycles. The van der Waals surface area contributed by atoms with Crippen LogP contribution in [0, 0.1) is 18.7 Å². The standard InChI is InChI=1S/C21H21FN6O/c1-13-2-5-20(23-11-13)26-17-8-14-9-19(17)27(12-14)21(29)16-4-3-15(22)10-18(16)28-24-6-7-25-28/h2-7,10-11,14,17,19H,8-9,12H2,1H3,(H,23,26). The summed E-state index contributed by atoms with van der Waals surface area (Å²) in [5.41, 5.74) is 1.87. The van der Waals surface area contributed by atoms with Gasteiger partial charge in [-0.05, 0) is 49.4 Å². The molecule has 1 aliphatic carbocycles. The third kappa shape index (κ3) is 3.24. The molecule has 3 unspecified atom stereocenters. The normalized spacial score (nSPS) is 22.8. The van der Waals surface area contributed by atoms with Crippen molar-refractivity contribution in [2.24, 2.45) is 5.92 Å². The molecule has 2 aromatic heterocycles. The molecule has 8 heteroatoms. The third-order valence-electron chi connectivity index (χ3n) is 5.81. The molecule has 1 aromatic carbocycles. The van der Waals surface area contributed by atoms with Gasteiger partial charge in [-0.1, -0.05) is 6.07 Å². The molecule has 1 amide bonds. The molecule has 1 saturated carbocycles. The van der Waals surface area contributed by atoms with Gasteiger partial charge < -0.3 is 10.2 Å². The van der Waals surface area contributed by atoms with E-state index in [1.54, 1.807) is 0 Å². The minimum atomic E-state index is -0.429. The first-order valence-electron chi connectivity index (χ1n) is 9.75. The minimum Gasteiger partial charge on any atom is -0.365 e. The Balaban J connectivity index is 1.40. The van der Waals surface area contributed by atoms with Crippen LogP contribution in [0.3, 0.4) is 0 Å². The van der Waals surface area contributed by atoms with E-state index in [1.165, 1.54) is 35.4 Å². The van der Waals surface area contributed by atoms with E-state index in [1.807, 2.05) is 30.2 Å². The van der Waals surface area contributed by atoms with Gasteiger partial charge in [0.1, 0.15) is 17.3 Å². The second kappa shape index (κ2) is 6.95. The van der Waals surface area contributed by atoms with E-state index < -0.39 is 5.82 Å². The van der Waals surface area contributed by atoms with E-state index in [2.05, 4.69) is 20.5 Å². The Kier molecular flexibility index (Phi) is 4.26. The zero-order valence-corrected chi connectivity index (χ0v) is 16.0. The first kappa shape index (κ1) is 17.8. The number of anilines is 1. The van der Waals surface area contributed by atoms with Crippen LogP contribution in [0.4, 0.5) is 10.2 Å². The highest BCUT2D eigenvalue weighted by Crippen LogP contribution is 2.40. The van der Waals surface area contributed by atoms with Crippen molar-refractivity contribution < 1.29 is 9.18 Å². The molecule has 148 valence electrons. The van der Waals surface area contributed by atoms with Crippen LogP contribution >= 0.6 is 0 Å². The second-order valence-electron chi connectivity index (χ2n) is 7.81. The van der Waals surface area contributed by atoms with Crippen LogP contribution in [-0.4, -0.2) is 49.4 Å². The van der Waals surface area contributed by atoms with Crippen LogP contribution in [0.1, 0.15) is 28.8 Å². The van der Waals surface area contributed by atoms with Crippen molar-refractivity contribution in [3.05, 3.63) is 65.9 Å². The summed E-state index contributed by atoms with van der Waals surface area (Å²) in [4.78, 5) is 21.0. The second-order valence-corrected chi connectivity index (χ2v) is 7.81. The number of hydrogen-bond acceptors (Lipinski definition) is 5. The van der Waals surface area contributed by atoms with Crippen molar-refractivity contribution >= 4 is 11.7 Å². The fourth-order valence-corrected chi connectivity index (χ4v) is 4.50. The molecule has 2 bridgehead atoms. The zero-order valence-electron chi connectivity index (χ0n) is 16.0. The minimum absolute atomic E-state index is 0.0825. The summed E-state index contributed by atoms with van der Waals surface area (Å²) < 4.78 is 13.9. The monoisotopic (exact) mass is 392 g/mol. The molecule has 3 heterocycles. The van der Waals surface area contributed by atoms with Crippen LogP contribution in [0.25, 0.3) is 5.69 Å². The van der Waals surface area contributed by atoms with E-state index in [9.17, 15) is 9.18 Å². The Morgan fingerprint density at radius 3 is 2.72 bits per heavy atom. The van der Waals surface area contributed by atoms with Crippen LogP contribution in [-0.2, 0) is 0 Å². The van der Waals surface area contributed by atoms with Gasteiger partial charge in [-0.15, -0.1) is 0 Å². The highest BCUT2D eigenvalue weighted by molar-refractivity contribution is 5.98. The first-order valence-corrected chi connectivity index (χ1v) is 9.75. The number of pyridine rings is 1. The van der Waals surface area contributed by atoms with Gasteiger partial charge in [-0.25, -0.2) is 9.37 Å². The average Bonchev–Trinajstić information content (AvgIpc) is 3.46. The number of halogens is 1. The zero-order chi connectivity index (χ0) is 20.0. The fourth-order valence-electron chi connectivity index (χ4n) is 4.50. The van der Waals surface area contributed by atoms with Gasteiger partial charge in [0, 0.05) is 24.8 Å². The summed E-state index contributed by atoms with van der Waals surface area (Å²) in [5, 5.41) is 11.6. The lowest BCUT2D eigenvalue weighted by Gasteiger charge is -2.34. The number of amides is 1. The van der Waals surface area contributed by atoms with Crippen LogP contribution < -0.4 is 5.32 Å². The number of likely N-dealkylation sites (tertiary alicyclic amines) is 1. The fraction of sp³-hybridized carbons (Fsp3) is 0.333. The lowest BCUT2D eigenvalue weighted by Crippen LogP contribution is -2.48. The van der Waals surface area contributed by atoms with Crippen LogP contribution in [0.5, 0.6) is 0 Å². The van der Waals surface area contributed by atoms with Crippen molar-refractivity contribution in [2.45, 2.75) is 31.8 Å². The van der Waals surface area contributed by atoms with E-state index in [-0.39, 0.29) is 18.0 Å². The van der Waals surface area contributed by atoms with Crippen molar-refractivity contribution in [3.8, 4) is 5.69 Å². The molecule has 0 spiro atoms. The maximum atomic E-state index is 13.9. The lowest BCUT2D eigenvalue weighted by molar-refractivity contribution is 0.0691. The van der Waals surface area contributed by atoms with E-state index in [0.717, 1.165) is 24.2 Å². The summed E-state index contributed by atoms with van der Waals surface area (Å²) in [6, 6.07) is 8.35. The van der Waals surface area contributed by atoms with Crippen LogP contribution in [0.15, 0.2) is 48.9 Å². The number of nitrogens with zero attached hydrogens (tertiary/aromatic N) is 5. The number of aryl methyl sites for hydroxylation is 1. The van der Waals surface area contributed by atoms with Crippen molar-refractivity contribution in [3.63, 3.8) is 0 Å². The van der Waals surface area contributed by atoms with Gasteiger partial charge in [-0.3, -0.25) is 4.79 Å². The highest BCUT2D eigenvalue weighted by Gasteiger charge is 2.47. The maximum absolute atomic E-state index is 13.9. The molecule has 2 aliphatic rings. The van der Waals surface area contributed by atoms with E-state index >= 15 is 0 Å².